The van der Waals surface area contributed by atoms with E-state index in [2.05, 4.69) is 30.5 Å². The van der Waals surface area contributed by atoms with Crippen LogP contribution in [0, 0.1) is 20.8 Å². The van der Waals surface area contributed by atoms with Gasteiger partial charge in [-0.25, -0.2) is 4.79 Å². The fourth-order valence-corrected chi connectivity index (χ4v) is 2.11. The van der Waals surface area contributed by atoms with Crippen molar-refractivity contribution in [2.75, 3.05) is 18.5 Å². The van der Waals surface area contributed by atoms with Crippen LogP contribution >= 0.6 is 0 Å². The minimum atomic E-state index is -0.230. The number of hydrogen-bond donors (Lipinski definition) is 2. The Labute approximate surface area is 131 Å². The van der Waals surface area contributed by atoms with Crippen molar-refractivity contribution in [2.45, 2.75) is 20.8 Å². The van der Waals surface area contributed by atoms with Crippen molar-refractivity contribution in [3.05, 3.63) is 59.2 Å². The van der Waals surface area contributed by atoms with Gasteiger partial charge in [-0.15, -0.1) is 0 Å². The molecule has 0 fully saturated rings. The zero-order valence-electron chi connectivity index (χ0n) is 13.3. The molecule has 0 atom stereocenters. The molecule has 2 amide bonds. The van der Waals surface area contributed by atoms with E-state index in [4.69, 9.17) is 4.74 Å². The molecule has 0 bridgehead atoms. The largest absolute Gasteiger partial charge is 0.491 e. The number of ether oxygens (including phenoxy) is 1. The fraction of sp³-hybridized carbons (Fsp3) is 0.278. The van der Waals surface area contributed by atoms with E-state index in [0.717, 1.165) is 17.0 Å². The molecule has 0 spiro atoms. The summed E-state index contributed by atoms with van der Waals surface area (Å²) in [6.07, 6.45) is 0. The van der Waals surface area contributed by atoms with E-state index in [-0.39, 0.29) is 6.03 Å². The van der Waals surface area contributed by atoms with Gasteiger partial charge in [-0.3, -0.25) is 0 Å². The Morgan fingerprint density at radius 1 is 1.00 bits per heavy atom. The van der Waals surface area contributed by atoms with Crippen LogP contribution in [0.25, 0.3) is 0 Å². The van der Waals surface area contributed by atoms with E-state index in [1.807, 2.05) is 43.3 Å². The van der Waals surface area contributed by atoms with E-state index < -0.39 is 0 Å². The number of rotatable bonds is 5. The summed E-state index contributed by atoms with van der Waals surface area (Å²) >= 11 is 0. The Morgan fingerprint density at radius 2 is 1.68 bits per heavy atom. The quantitative estimate of drug-likeness (QED) is 0.825. The van der Waals surface area contributed by atoms with Gasteiger partial charge in [0, 0.05) is 5.69 Å². The van der Waals surface area contributed by atoms with Gasteiger partial charge in [-0.1, -0.05) is 24.3 Å². The van der Waals surface area contributed by atoms with Crippen molar-refractivity contribution in [3.63, 3.8) is 0 Å². The predicted octanol–water partition coefficient (Wildman–Crippen LogP) is 3.81. The third kappa shape index (κ3) is 4.52. The molecule has 0 aliphatic carbocycles. The Balaban J connectivity index is 1.75. The van der Waals surface area contributed by atoms with E-state index in [0.29, 0.717) is 13.2 Å². The lowest BCUT2D eigenvalue weighted by molar-refractivity contribution is 0.247. The summed E-state index contributed by atoms with van der Waals surface area (Å²) in [6, 6.07) is 13.3. The maximum absolute atomic E-state index is 11.7. The van der Waals surface area contributed by atoms with Crippen LogP contribution in [0.3, 0.4) is 0 Å². The van der Waals surface area contributed by atoms with Crippen molar-refractivity contribution in [2.24, 2.45) is 0 Å². The predicted molar refractivity (Wildman–Crippen MR) is 89.6 cm³/mol. The van der Waals surface area contributed by atoms with Crippen molar-refractivity contribution < 1.29 is 9.53 Å². The van der Waals surface area contributed by atoms with Crippen LogP contribution in [-0.4, -0.2) is 19.2 Å². The zero-order chi connectivity index (χ0) is 15.9. The molecule has 0 aromatic heterocycles. The summed E-state index contributed by atoms with van der Waals surface area (Å²) in [6.45, 7) is 7.06. The van der Waals surface area contributed by atoms with Crippen LogP contribution in [-0.2, 0) is 0 Å². The normalized spacial score (nSPS) is 10.1. The van der Waals surface area contributed by atoms with Crippen LogP contribution in [0.5, 0.6) is 5.75 Å². The molecule has 4 nitrogen and oxygen atoms in total. The van der Waals surface area contributed by atoms with Gasteiger partial charge >= 0.3 is 6.03 Å². The number of hydrogen-bond acceptors (Lipinski definition) is 2. The summed E-state index contributed by atoms with van der Waals surface area (Å²) in [7, 11) is 0. The zero-order valence-corrected chi connectivity index (χ0v) is 13.3. The summed E-state index contributed by atoms with van der Waals surface area (Å²) < 4.78 is 5.73. The molecule has 0 unspecified atom stereocenters. The second-order valence-corrected chi connectivity index (χ2v) is 5.30. The monoisotopic (exact) mass is 298 g/mol. The summed E-state index contributed by atoms with van der Waals surface area (Å²) in [5.41, 5.74) is 4.34. The SMILES string of the molecule is Cc1cc(C)c(OCCNC(=O)Nc2ccccc2)cc1C. The molecule has 116 valence electrons. The number of carbonyl (C=O) groups is 1. The van der Waals surface area contributed by atoms with Crippen molar-refractivity contribution in [1.82, 2.24) is 5.32 Å². The highest BCUT2D eigenvalue weighted by molar-refractivity contribution is 5.89. The third-order valence-corrected chi connectivity index (χ3v) is 3.47. The van der Waals surface area contributed by atoms with E-state index >= 15 is 0 Å². The molecule has 4 heteroatoms. The minimum absolute atomic E-state index is 0.230. The summed E-state index contributed by atoms with van der Waals surface area (Å²) in [5, 5.41) is 5.53. The van der Waals surface area contributed by atoms with E-state index in [9.17, 15) is 4.79 Å². The molecule has 2 aromatic carbocycles. The molecule has 2 rings (SSSR count). The highest BCUT2D eigenvalue weighted by atomic mass is 16.5. The van der Waals surface area contributed by atoms with Crippen LogP contribution in [0.15, 0.2) is 42.5 Å². The van der Waals surface area contributed by atoms with Gasteiger partial charge in [-0.05, 0) is 55.7 Å². The molecule has 22 heavy (non-hydrogen) atoms. The number of para-hydroxylation sites is 1. The molecule has 0 saturated carbocycles. The first-order valence-corrected chi connectivity index (χ1v) is 7.37. The van der Waals surface area contributed by atoms with Crippen LogP contribution in [0.2, 0.25) is 0 Å². The Bertz CT molecular complexity index is 639. The van der Waals surface area contributed by atoms with Gasteiger partial charge in [0.25, 0.3) is 0 Å². The maximum atomic E-state index is 11.7. The lowest BCUT2D eigenvalue weighted by Crippen LogP contribution is -2.32. The number of amides is 2. The molecule has 0 heterocycles. The van der Waals surface area contributed by atoms with E-state index in [1.54, 1.807) is 0 Å². The van der Waals surface area contributed by atoms with Gasteiger partial charge < -0.3 is 15.4 Å². The molecule has 0 aliphatic heterocycles. The highest BCUT2D eigenvalue weighted by Crippen LogP contribution is 2.22. The second kappa shape index (κ2) is 7.50. The van der Waals surface area contributed by atoms with Gasteiger partial charge in [-0.2, -0.15) is 0 Å². The van der Waals surface area contributed by atoms with E-state index in [1.165, 1.54) is 11.1 Å². The van der Waals surface area contributed by atoms with Crippen LogP contribution < -0.4 is 15.4 Å². The number of nitrogens with one attached hydrogen (secondary N) is 2. The van der Waals surface area contributed by atoms with Crippen LogP contribution in [0.4, 0.5) is 10.5 Å². The molecular formula is C18H22N2O2. The van der Waals surface area contributed by atoms with Gasteiger partial charge in [0.2, 0.25) is 0 Å². The first-order chi connectivity index (χ1) is 10.6. The van der Waals surface area contributed by atoms with Gasteiger partial charge in [0.15, 0.2) is 0 Å². The van der Waals surface area contributed by atoms with Crippen molar-refractivity contribution in [3.8, 4) is 5.75 Å². The minimum Gasteiger partial charge on any atom is -0.491 e. The van der Waals surface area contributed by atoms with Gasteiger partial charge in [0.05, 0.1) is 6.54 Å². The number of carbonyl (C=O) groups excluding carboxylic acids is 1. The average molecular weight is 298 g/mol. The Hall–Kier alpha value is -2.49. The van der Waals surface area contributed by atoms with Gasteiger partial charge in [0.1, 0.15) is 12.4 Å². The highest BCUT2D eigenvalue weighted by Gasteiger charge is 2.04. The number of urea groups is 1. The Morgan fingerprint density at radius 3 is 2.41 bits per heavy atom. The number of aryl methyl sites for hydroxylation is 3. The topological polar surface area (TPSA) is 50.4 Å². The molecule has 0 radical (unpaired) electrons. The number of benzene rings is 2. The molecule has 2 N–H and O–H groups in total. The molecule has 0 saturated heterocycles. The van der Waals surface area contributed by atoms with Crippen molar-refractivity contribution >= 4 is 11.7 Å². The molecular weight excluding hydrogens is 276 g/mol. The smallest absolute Gasteiger partial charge is 0.319 e. The lowest BCUT2D eigenvalue weighted by Gasteiger charge is -2.12. The fourth-order valence-electron chi connectivity index (χ4n) is 2.11. The maximum Gasteiger partial charge on any atom is 0.319 e. The number of anilines is 1. The van der Waals surface area contributed by atoms with Crippen molar-refractivity contribution in [1.29, 1.82) is 0 Å². The lowest BCUT2D eigenvalue weighted by atomic mass is 10.1. The third-order valence-electron chi connectivity index (χ3n) is 3.47. The Kier molecular flexibility index (Phi) is 5.42. The first-order valence-electron chi connectivity index (χ1n) is 7.37. The molecule has 0 aliphatic rings. The summed E-state index contributed by atoms with van der Waals surface area (Å²) in [5.74, 6) is 0.869. The average Bonchev–Trinajstić information content (AvgIpc) is 2.49. The first kappa shape index (κ1) is 15.9. The summed E-state index contributed by atoms with van der Waals surface area (Å²) in [4.78, 5) is 11.7. The standard InChI is InChI=1S/C18H22N2O2/c1-13-11-15(3)17(12-14(13)2)22-10-9-19-18(21)20-16-7-5-4-6-8-16/h4-8,11-12H,9-10H2,1-3H3,(H2,19,20,21). The van der Waals surface area contributed by atoms with Crippen LogP contribution in [0.1, 0.15) is 16.7 Å². The second-order valence-electron chi connectivity index (χ2n) is 5.30. The molecule has 2 aromatic rings.